The van der Waals surface area contributed by atoms with Crippen molar-refractivity contribution >= 4 is 34.0 Å². The third kappa shape index (κ3) is 3.95. The molecule has 2 rings (SSSR count). The molecule has 2 N–H and O–H groups in total. The lowest BCUT2D eigenvalue weighted by atomic mass is 10.0. The lowest BCUT2D eigenvalue weighted by molar-refractivity contribution is 0.429. The van der Waals surface area contributed by atoms with E-state index in [1.807, 2.05) is 26.8 Å². The summed E-state index contributed by atoms with van der Waals surface area (Å²) in [6.45, 7) is 6.97. The van der Waals surface area contributed by atoms with E-state index < -0.39 is 10.0 Å². The van der Waals surface area contributed by atoms with Gasteiger partial charge in [0.1, 0.15) is 4.90 Å². The van der Waals surface area contributed by atoms with Crippen LogP contribution in [0.4, 0.5) is 0 Å². The molecule has 1 aliphatic heterocycles. The summed E-state index contributed by atoms with van der Waals surface area (Å²) in [7, 11) is -3.55. The smallest absolute Gasteiger partial charge is 0.244 e. The van der Waals surface area contributed by atoms with E-state index in [0.717, 1.165) is 12.0 Å². The van der Waals surface area contributed by atoms with Crippen molar-refractivity contribution in [2.45, 2.75) is 44.0 Å². The lowest BCUT2D eigenvalue weighted by Gasteiger charge is -2.19. The summed E-state index contributed by atoms with van der Waals surface area (Å²) in [6.07, 6.45) is 0.804. The van der Waals surface area contributed by atoms with E-state index in [2.05, 4.69) is 0 Å². The van der Waals surface area contributed by atoms with Crippen LogP contribution in [0.2, 0.25) is 5.02 Å². The second-order valence-electron chi connectivity index (χ2n) is 6.12. The average Bonchev–Trinajstić information content (AvgIpc) is 2.89. The van der Waals surface area contributed by atoms with Crippen LogP contribution in [0.1, 0.15) is 38.7 Å². The fourth-order valence-corrected chi connectivity index (χ4v) is 4.64. The molecule has 0 aliphatic carbocycles. The molecule has 1 fully saturated rings. The lowest BCUT2D eigenvalue weighted by Crippen LogP contribution is -2.33. The molecule has 126 valence electrons. The number of hydrogen-bond donors (Lipinski definition) is 1. The first-order valence-electron chi connectivity index (χ1n) is 7.28. The Bertz CT molecular complexity index is 618. The molecule has 0 radical (unpaired) electrons. The van der Waals surface area contributed by atoms with Gasteiger partial charge in [-0.15, -0.1) is 12.4 Å². The van der Waals surface area contributed by atoms with Crippen LogP contribution in [-0.4, -0.2) is 31.9 Å². The number of hydrogen-bond acceptors (Lipinski definition) is 3. The summed E-state index contributed by atoms with van der Waals surface area (Å²) in [5.41, 5.74) is 6.86. The first-order chi connectivity index (χ1) is 9.73. The molecule has 1 aromatic rings. The highest BCUT2D eigenvalue weighted by atomic mass is 35.5. The Kier molecular flexibility index (Phi) is 6.72. The zero-order chi connectivity index (χ0) is 15.8. The normalized spacial score (nSPS) is 20.9. The highest BCUT2D eigenvalue weighted by molar-refractivity contribution is 7.89. The summed E-state index contributed by atoms with van der Waals surface area (Å²) in [5.74, 6) is 0.471. The molecule has 2 unspecified atom stereocenters. The van der Waals surface area contributed by atoms with Gasteiger partial charge in [-0.25, -0.2) is 8.42 Å². The maximum atomic E-state index is 12.8. The van der Waals surface area contributed by atoms with Crippen molar-refractivity contribution in [1.82, 2.24) is 4.31 Å². The second-order valence-corrected chi connectivity index (χ2v) is 8.43. The molecule has 0 spiro atoms. The van der Waals surface area contributed by atoms with Crippen molar-refractivity contribution in [1.29, 1.82) is 0 Å². The van der Waals surface area contributed by atoms with Gasteiger partial charge in [-0.2, -0.15) is 4.31 Å². The topological polar surface area (TPSA) is 63.4 Å². The van der Waals surface area contributed by atoms with Gasteiger partial charge in [-0.3, -0.25) is 0 Å². The summed E-state index contributed by atoms with van der Waals surface area (Å²) in [6, 6.07) is 5.24. The van der Waals surface area contributed by atoms with E-state index in [0.29, 0.717) is 13.1 Å². The van der Waals surface area contributed by atoms with Crippen LogP contribution in [0.3, 0.4) is 0 Å². The molecule has 4 nitrogen and oxygen atoms in total. The Labute approximate surface area is 144 Å². The van der Waals surface area contributed by atoms with Gasteiger partial charge in [0.2, 0.25) is 10.0 Å². The molecule has 1 aromatic carbocycles. The first-order valence-corrected chi connectivity index (χ1v) is 9.10. The third-order valence-corrected chi connectivity index (χ3v) is 6.52. The van der Waals surface area contributed by atoms with Gasteiger partial charge in [-0.05, 0) is 42.9 Å². The van der Waals surface area contributed by atoms with Crippen molar-refractivity contribution < 1.29 is 8.42 Å². The molecule has 0 bridgehead atoms. The van der Waals surface area contributed by atoms with E-state index in [1.165, 1.54) is 4.31 Å². The van der Waals surface area contributed by atoms with Crippen LogP contribution >= 0.6 is 24.0 Å². The molecule has 0 amide bonds. The number of rotatable bonds is 4. The van der Waals surface area contributed by atoms with Crippen LogP contribution in [0, 0.1) is 5.92 Å². The number of nitrogens with zero attached hydrogens (tertiary/aromatic N) is 1. The zero-order valence-electron chi connectivity index (χ0n) is 13.1. The van der Waals surface area contributed by atoms with Crippen LogP contribution in [-0.2, 0) is 10.0 Å². The third-order valence-electron chi connectivity index (χ3n) is 4.17. The van der Waals surface area contributed by atoms with Crippen molar-refractivity contribution in [3.63, 3.8) is 0 Å². The molecule has 7 heteroatoms. The maximum absolute atomic E-state index is 12.8. The maximum Gasteiger partial charge on any atom is 0.244 e. The fourth-order valence-electron chi connectivity index (χ4n) is 2.62. The predicted molar refractivity (Wildman–Crippen MR) is 93.3 cm³/mol. The van der Waals surface area contributed by atoms with Crippen LogP contribution in [0.25, 0.3) is 0 Å². The van der Waals surface area contributed by atoms with Crippen LogP contribution in [0.5, 0.6) is 0 Å². The Morgan fingerprint density at radius 2 is 1.95 bits per heavy atom. The molecule has 1 aliphatic rings. The van der Waals surface area contributed by atoms with E-state index in [4.69, 9.17) is 17.3 Å². The van der Waals surface area contributed by atoms with Gasteiger partial charge in [0.05, 0.1) is 5.02 Å². The Morgan fingerprint density at radius 1 is 1.32 bits per heavy atom. The van der Waals surface area contributed by atoms with E-state index in [-0.39, 0.29) is 40.2 Å². The predicted octanol–water partition coefficient (Wildman–Crippen LogP) is 3.24. The molecular weight excluding hydrogens is 343 g/mol. The van der Waals surface area contributed by atoms with Gasteiger partial charge in [0, 0.05) is 19.1 Å². The summed E-state index contributed by atoms with van der Waals surface area (Å²) in [5, 5.41) is 0.281. The monoisotopic (exact) mass is 366 g/mol. The summed E-state index contributed by atoms with van der Waals surface area (Å²) in [4.78, 5) is 0.209. The van der Waals surface area contributed by atoms with E-state index in [9.17, 15) is 8.42 Å². The standard InChI is InChI=1S/C15H23ClN2O2S.ClH/c1-10(2)12-4-5-14(16)15(8-12)21(19,20)18-7-6-13(9-18)11(3)17;/h4-5,8,10-11,13H,6-7,9,17H2,1-3H3;1H. The quantitative estimate of drug-likeness (QED) is 0.889. The van der Waals surface area contributed by atoms with E-state index >= 15 is 0 Å². The number of nitrogens with two attached hydrogens (primary N) is 1. The largest absolute Gasteiger partial charge is 0.328 e. The number of halogens is 2. The highest BCUT2D eigenvalue weighted by Gasteiger charge is 2.35. The highest BCUT2D eigenvalue weighted by Crippen LogP contribution is 2.31. The van der Waals surface area contributed by atoms with Gasteiger partial charge >= 0.3 is 0 Å². The molecule has 2 atom stereocenters. The number of sulfonamides is 1. The van der Waals surface area contributed by atoms with Gasteiger partial charge in [-0.1, -0.05) is 31.5 Å². The van der Waals surface area contributed by atoms with Crippen molar-refractivity contribution in [3.05, 3.63) is 28.8 Å². The van der Waals surface area contributed by atoms with E-state index in [1.54, 1.807) is 12.1 Å². The van der Waals surface area contributed by atoms with Gasteiger partial charge in [0.25, 0.3) is 0 Å². The Hall–Kier alpha value is -0.330. The number of benzene rings is 1. The van der Waals surface area contributed by atoms with Crippen molar-refractivity contribution in [2.75, 3.05) is 13.1 Å². The van der Waals surface area contributed by atoms with Gasteiger partial charge in [0.15, 0.2) is 0 Å². The molecule has 0 saturated carbocycles. The van der Waals surface area contributed by atoms with Crippen LogP contribution < -0.4 is 5.73 Å². The molecular formula is C15H24Cl2N2O2S. The fraction of sp³-hybridized carbons (Fsp3) is 0.600. The van der Waals surface area contributed by atoms with Crippen molar-refractivity contribution in [3.8, 4) is 0 Å². The minimum absolute atomic E-state index is 0. The SMILES string of the molecule is CC(C)c1ccc(Cl)c(S(=O)(=O)N2CCC(C(C)N)C2)c1.Cl. The summed E-state index contributed by atoms with van der Waals surface area (Å²) >= 11 is 6.13. The first kappa shape index (κ1) is 19.7. The average molecular weight is 367 g/mol. The Balaban J connectivity index is 0.00000242. The minimum Gasteiger partial charge on any atom is -0.328 e. The van der Waals surface area contributed by atoms with Gasteiger partial charge < -0.3 is 5.73 Å². The van der Waals surface area contributed by atoms with Crippen LogP contribution in [0.15, 0.2) is 23.1 Å². The molecule has 1 heterocycles. The minimum atomic E-state index is -3.55. The molecule has 0 aromatic heterocycles. The molecule has 1 saturated heterocycles. The Morgan fingerprint density at radius 3 is 2.45 bits per heavy atom. The summed E-state index contributed by atoms with van der Waals surface area (Å²) < 4.78 is 27.1. The second kappa shape index (κ2) is 7.49. The van der Waals surface area contributed by atoms with Crippen molar-refractivity contribution in [2.24, 2.45) is 11.7 Å². The zero-order valence-corrected chi connectivity index (χ0v) is 15.5. The molecule has 22 heavy (non-hydrogen) atoms.